The van der Waals surface area contributed by atoms with E-state index >= 15 is 0 Å². The minimum atomic E-state index is -4.06. The van der Waals surface area contributed by atoms with Gasteiger partial charge in [-0.1, -0.05) is 84.9 Å². The van der Waals surface area contributed by atoms with Crippen LogP contribution in [0.1, 0.15) is 37.9 Å². The van der Waals surface area contributed by atoms with Crippen LogP contribution >= 0.6 is 0 Å². The van der Waals surface area contributed by atoms with E-state index in [1.54, 1.807) is 54.6 Å². The summed E-state index contributed by atoms with van der Waals surface area (Å²) in [6, 6.07) is 47.3. The highest BCUT2D eigenvalue weighted by molar-refractivity contribution is 7.91. The molecule has 0 bridgehead atoms. The Morgan fingerprint density at radius 1 is 0.541 bits per heavy atom. The number of hydrogen-bond donors (Lipinski definition) is 3. The maximum Gasteiger partial charge on any atom is 0.255 e. The quantitative estimate of drug-likeness (QED) is 0.152. The normalized spacial score (nSPS) is 14.2. The van der Waals surface area contributed by atoms with Crippen LogP contribution < -0.4 is 16.0 Å². The first-order chi connectivity index (χ1) is 29.8. The molecular formula is C50H30N6O4S. The number of carbonyl (C=O) groups is 2. The number of sulfone groups is 1. The molecule has 1 atom stereocenters. The number of amides is 2. The molecule has 3 aliphatic rings. The third kappa shape index (κ3) is 5.48. The highest BCUT2D eigenvalue weighted by Gasteiger charge is 2.34. The summed E-state index contributed by atoms with van der Waals surface area (Å²) in [4.78, 5) is 42.0. The first kappa shape index (κ1) is 35.0. The Hall–Kier alpha value is -8.02. The van der Waals surface area contributed by atoms with Gasteiger partial charge in [-0.2, -0.15) is 0 Å². The Morgan fingerprint density at radius 3 is 1.77 bits per heavy atom. The molecule has 9 aromatic rings. The summed E-state index contributed by atoms with van der Waals surface area (Å²) < 4.78 is 28.0. The summed E-state index contributed by atoms with van der Waals surface area (Å²) in [6.45, 7) is 0. The first-order valence-corrected chi connectivity index (χ1v) is 21.2. The summed E-state index contributed by atoms with van der Waals surface area (Å²) >= 11 is 0. The molecular weight excluding hydrogens is 781 g/mol. The second-order valence-corrected chi connectivity index (χ2v) is 17.3. The standard InChI is InChI=1S/C50H30N6O4S/c57-49(29-19-21-39-41(23-29)55-47-37-17-3-9-27-7-1-15-35(43(27)37)45(47)53-39)51-31-11-5-13-33(25-31)61(59,60)34-14-6-12-32(26-34)52-50(58)30-20-22-40-42(24-30)56-48-38-18-4-10-28-8-2-16-36(44(28)38)46(48)54-40/h1-26,45,53H,(H,51,57)(H,52,58). The van der Waals surface area contributed by atoms with Crippen LogP contribution in [0.2, 0.25) is 0 Å². The lowest BCUT2D eigenvalue weighted by Crippen LogP contribution is -2.21. The van der Waals surface area contributed by atoms with Gasteiger partial charge in [0.1, 0.15) is 0 Å². The molecule has 1 unspecified atom stereocenters. The van der Waals surface area contributed by atoms with E-state index in [1.165, 1.54) is 35.2 Å². The smallest absolute Gasteiger partial charge is 0.255 e. The Kier molecular flexibility index (Phi) is 7.45. The van der Waals surface area contributed by atoms with Gasteiger partial charge >= 0.3 is 0 Å². The number of fused-ring (bicyclic) bond motifs is 8. The molecule has 1 aliphatic heterocycles. The molecule has 2 amide bonds. The molecule has 8 aromatic carbocycles. The molecule has 0 fully saturated rings. The molecule has 11 heteroatoms. The summed E-state index contributed by atoms with van der Waals surface area (Å²) in [5, 5.41) is 13.9. The van der Waals surface area contributed by atoms with Gasteiger partial charge in [-0.15, -0.1) is 0 Å². The number of anilines is 3. The lowest BCUT2D eigenvalue weighted by Gasteiger charge is -2.24. The topological polar surface area (TPSA) is 143 Å². The minimum Gasteiger partial charge on any atom is -0.371 e. The number of aliphatic imine (C=N–C) groups is 1. The molecule has 0 radical (unpaired) electrons. The third-order valence-electron chi connectivity index (χ3n) is 11.7. The van der Waals surface area contributed by atoms with Crippen LogP contribution in [0.25, 0.3) is 55.1 Å². The van der Waals surface area contributed by atoms with Gasteiger partial charge in [0.05, 0.1) is 55.3 Å². The molecule has 2 heterocycles. The van der Waals surface area contributed by atoms with Crippen LogP contribution in [0.15, 0.2) is 173 Å². The monoisotopic (exact) mass is 810 g/mol. The number of nitrogens with zero attached hydrogens (tertiary/aromatic N) is 3. The van der Waals surface area contributed by atoms with Crippen LogP contribution in [0, 0.1) is 0 Å². The minimum absolute atomic E-state index is 0.0192. The van der Waals surface area contributed by atoms with Crippen LogP contribution in [-0.4, -0.2) is 35.9 Å². The largest absolute Gasteiger partial charge is 0.371 e. The predicted molar refractivity (Wildman–Crippen MR) is 239 cm³/mol. The van der Waals surface area contributed by atoms with Gasteiger partial charge in [-0.25, -0.2) is 23.4 Å². The number of benzene rings is 8. The van der Waals surface area contributed by atoms with Crippen LogP contribution in [0.3, 0.4) is 0 Å². The van der Waals surface area contributed by atoms with E-state index in [-0.39, 0.29) is 15.8 Å². The number of carbonyl (C=O) groups excluding carboxylic acids is 2. The molecule has 10 nitrogen and oxygen atoms in total. The van der Waals surface area contributed by atoms with E-state index in [9.17, 15) is 18.0 Å². The van der Waals surface area contributed by atoms with Gasteiger partial charge in [0.25, 0.3) is 11.8 Å². The lowest BCUT2D eigenvalue weighted by molar-refractivity contribution is 0.101. The highest BCUT2D eigenvalue weighted by Crippen LogP contribution is 2.47. The molecule has 0 saturated heterocycles. The first-order valence-electron chi connectivity index (χ1n) is 19.7. The van der Waals surface area contributed by atoms with Crippen molar-refractivity contribution >= 4 is 82.7 Å². The van der Waals surface area contributed by atoms with Crippen molar-refractivity contribution in [2.75, 3.05) is 16.0 Å². The molecule has 12 rings (SSSR count). The number of rotatable bonds is 6. The van der Waals surface area contributed by atoms with Crippen molar-refractivity contribution in [3.8, 4) is 22.5 Å². The van der Waals surface area contributed by atoms with Gasteiger partial charge in [-0.3, -0.25) is 9.59 Å². The summed E-state index contributed by atoms with van der Waals surface area (Å²) in [5.41, 5.74) is 10.8. The number of hydrogen-bond acceptors (Lipinski definition) is 8. The van der Waals surface area contributed by atoms with E-state index in [0.717, 1.165) is 55.6 Å². The van der Waals surface area contributed by atoms with Gasteiger partial charge in [0.15, 0.2) is 0 Å². The van der Waals surface area contributed by atoms with Crippen molar-refractivity contribution in [3.63, 3.8) is 0 Å². The van der Waals surface area contributed by atoms with Gasteiger partial charge in [0.2, 0.25) is 9.84 Å². The van der Waals surface area contributed by atoms with Crippen molar-refractivity contribution in [3.05, 3.63) is 180 Å². The maximum absolute atomic E-state index is 14.0. The maximum atomic E-state index is 14.0. The third-order valence-corrected chi connectivity index (χ3v) is 13.5. The molecule has 0 spiro atoms. The Bertz CT molecular complexity index is 3590. The lowest BCUT2D eigenvalue weighted by atomic mass is 10.0. The van der Waals surface area contributed by atoms with Crippen LogP contribution in [0.4, 0.5) is 22.7 Å². The Balaban J connectivity index is 0.770. The zero-order valence-corrected chi connectivity index (χ0v) is 32.8. The van der Waals surface area contributed by atoms with Crippen molar-refractivity contribution in [1.82, 2.24) is 9.97 Å². The number of nitrogens with one attached hydrogen (secondary N) is 3. The average molecular weight is 811 g/mol. The molecule has 3 N–H and O–H groups in total. The van der Waals surface area contributed by atoms with Crippen LogP contribution in [-0.2, 0) is 9.84 Å². The molecule has 290 valence electrons. The zero-order chi connectivity index (χ0) is 41.0. The summed E-state index contributed by atoms with van der Waals surface area (Å²) in [7, 11) is -4.06. The molecule has 0 saturated carbocycles. The van der Waals surface area contributed by atoms with E-state index in [0.29, 0.717) is 39.2 Å². The van der Waals surface area contributed by atoms with Crippen molar-refractivity contribution < 1.29 is 18.0 Å². The fourth-order valence-corrected chi connectivity index (χ4v) is 10.3. The molecule has 2 aliphatic carbocycles. The fraction of sp³-hybridized carbons (Fsp3) is 0.0200. The highest BCUT2D eigenvalue weighted by atomic mass is 32.2. The average Bonchev–Trinajstić information content (AvgIpc) is 3.77. The summed E-state index contributed by atoms with van der Waals surface area (Å²) in [5.74, 6) is -0.837. The van der Waals surface area contributed by atoms with E-state index in [2.05, 4.69) is 64.5 Å². The van der Waals surface area contributed by atoms with Gasteiger partial charge in [-0.05, 0) is 94.5 Å². The number of aromatic nitrogens is 2. The second kappa shape index (κ2) is 13.0. The van der Waals surface area contributed by atoms with Crippen LogP contribution in [0.5, 0.6) is 0 Å². The van der Waals surface area contributed by atoms with E-state index in [1.807, 2.05) is 30.3 Å². The zero-order valence-electron chi connectivity index (χ0n) is 32.0. The van der Waals surface area contributed by atoms with Crippen molar-refractivity contribution in [2.24, 2.45) is 4.99 Å². The van der Waals surface area contributed by atoms with Gasteiger partial charge in [0, 0.05) is 44.6 Å². The van der Waals surface area contributed by atoms with Gasteiger partial charge < -0.3 is 16.0 Å². The summed E-state index contributed by atoms with van der Waals surface area (Å²) in [6.07, 6.45) is 0. The Morgan fingerprint density at radius 2 is 1.10 bits per heavy atom. The molecule has 61 heavy (non-hydrogen) atoms. The molecule has 1 aromatic heterocycles. The SMILES string of the molecule is O=C(Nc1cccc(S(=O)(=O)c2cccc(NC(=O)c3ccc4nc5c(nc4c3)-c3cccc4cccc-5c34)c2)c1)c1ccc2c(c1)N=C1c3cccc4cccc(c34)C1N2. The van der Waals surface area contributed by atoms with Crippen molar-refractivity contribution in [2.45, 2.75) is 15.8 Å². The fourth-order valence-electron chi connectivity index (χ4n) is 8.90. The second-order valence-electron chi connectivity index (χ2n) is 15.4. The van der Waals surface area contributed by atoms with Crippen molar-refractivity contribution in [1.29, 1.82) is 0 Å². The Labute approximate surface area is 348 Å². The van der Waals surface area contributed by atoms with E-state index < -0.39 is 21.7 Å². The predicted octanol–water partition coefficient (Wildman–Crippen LogP) is 10.5. The van der Waals surface area contributed by atoms with E-state index in [4.69, 9.17) is 15.0 Å².